The standard InChI is InChI=1S/C11H22N2OS/c1-3-6-12-8-10(14)13-9-11(2)5-4-7-15-11/h12H,3-9H2,1-2H3,(H,13,14). The first-order valence-corrected chi connectivity index (χ1v) is 6.76. The zero-order chi connectivity index (χ0) is 11.1. The lowest BCUT2D eigenvalue weighted by Gasteiger charge is -2.22. The van der Waals surface area contributed by atoms with Gasteiger partial charge in [0.15, 0.2) is 0 Å². The van der Waals surface area contributed by atoms with Crippen LogP contribution in [0.5, 0.6) is 0 Å². The first-order chi connectivity index (χ1) is 7.16. The third-order valence-electron chi connectivity index (χ3n) is 2.67. The minimum atomic E-state index is 0.122. The monoisotopic (exact) mass is 230 g/mol. The zero-order valence-corrected chi connectivity index (χ0v) is 10.6. The summed E-state index contributed by atoms with van der Waals surface area (Å²) in [7, 11) is 0. The highest BCUT2D eigenvalue weighted by Gasteiger charge is 2.29. The van der Waals surface area contributed by atoms with E-state index in [9.17, 15) is 4.79 Å². The van der Waals surface area contributed by atoms with Gasteiger partial charge in [-0.1, -0.05) is 6.92 Å². The van der Waals surface area contributed by atoms with E-state index in [0.29, 0.717) is 6.54 Å². The summed E-state index contributed by atoms with van der Waals surface area (Å²) in [6.07, 6.45) is 3.58. The van der Waals surface area contributed by atoms with Crippen LogP contribution in [-0.4, -0.2) is 36.0 Å². The molecule has 0 spiro atoms. The molecule has 0 aromatic carbocycles. The van der Waals surface area contributed by atoms with E-state index in [4.69, 9.17) is 0 Å². The van der Waals surface area contributed by atoms with Crippen molar-refractivity contribution in [2.75, 3.05) is 25.4 Å². The highest BCUT2D eigenvalue weighted by atomic mass is 32.2. The van der Waals surface area contributed by atoms with E-state index in [1.165, 1.54) is 18.6 Å². The van der Waals surface area contributed by atoms with Gasteiger partial charge in [-0.2, -0.15) is 11.8 Å². The molecule has 88 valence electrons. The fourth-order valence-corrected chi connectivity index (χ4v) is 2.95. The minimum absolute atomic E-state index is 0.122. The number of amides is 1. The maximum Gasteiger partial charge on any atom is 0.234 e. The van der Waals surface area contributed by atoms with Gasteiger partial charge in [0, 0.05) is 11.3 Å². The molecule has 3 nitrogen and oxygen atoms in total. The molecule has 1 amide bonds. The average molecular weight is 230 g/mol. The zero-order valence-electron chi connectivity index (χ0n) is 9.77. The lowest BCUT2D eigenvalue weighted by Crippen LogP contribution is -2.41. The largest absolute Gasteiger partial charge is 0.354 e. The van der Waals surface area contributed by atoms with Crippen molar-refractivity contribution in [3.05, 3.63) is 0 Å². The van der Waals surface area contributed by atoms with Crippen molar-refractivity contribution in [3.63, 3.8) is 0 Å². The van der Waals surface area contributed by atoms with Crippen LogP contribution < -0.4 is 10.6 Å². The smallest absolute Gasteiger partial charge is 0.234 e. The van der Waals surface area contributed by atoms with E-state index in [-0.39, 0.29) is 10.7 Å². The topological polar surface area (TPSA) is 41.1 Å². The van der Waals surface area contributed by atoms with E-state index >= 15 is 0 Å². The molecule has 1 saturated heterocycles. The van der Waals surface area contributed by atoms with Crippen molar-refractivity contribution >= 4 is 17.7 Å². The molecule has 1 fully saturated rings. The SMILES string of the molecule is CCCNCC(=O)NCC1(C)CCCS1. The van der Waals surface area contributed by atoms with E-state index in [2.05, 4.69) is 24.5 Å². The van der Waals surface area contributed by atoms with Crippen LogP contribution in [0, 0.1) is 0 Å². The van der Waals surface area contributed by atoms with E-state index in [1.807, 2.05) is 11.8 Å². The van der Waals surface area contributed by atoms with Gasteiger partial charge in [-0.25, -0.2) is 0 Å². The molecule has 0 aromatic heterocycles. The van der Waals surface area contributed by atoms with Gasteiger partial charge in [0.1, 0.15) is 0 Å². The average Bonchev–Trinajstić information content (AvgIpc) is 2.64. The molecule has 0 radical (unpaired) electrons. The highest BCUT2D eigenvalue weighted by molar-refractivity contribution is 8.00. The summed E-state index contributed by atoms with van der Waals surface area (Å²) in [6.45, 7) is 6.52. The predicted octanol–water partition coefficient (Wildman–Crippen LogP) is 1.39. The summed E-state index contributed by atoms with van der Waals surface area (Å²) in [5.41, 5.74) is 0. The van der Waals surface area contributed by atoms with Gasteiger partial charge < -0.3 is 10.6 Å². The second-order valence-corrected chi connectivity index (χ2v) is 6.04. The number of thioether (sulfide) groups is 1. The predicted molar refractivity (Wildman–Crippen MR) is 66.3 cm³/mol. The van der Waals surface area contributed by atoms with Gasteiger partial charge in [-0.15, -0.1) is 0 Å². The fraction of sp³-hybridized carbons (Fsp3) is 0.909. The number of hydrogen-bond donors (Lipinski definition) is 2. The number of carbonyl (C=O) groups is 1. The van der Waals surface area contributed by atoms with Crippen LogP contribution in [-0.2, 0) is 4.79 Å². The van der Waals surface area contributed by atoms with Crippen LogP contribution in [0.25, 0.3) is 0 Å². The van der Waals surface area contributed by atoms with Gasteiger partial charge >= 0.3 is 0 Å². The van der Waals surface area contributed by atoms with Crippen molar-refractivity contribution in [2.45, 2.75) is 37.9 Å². The van der Waals surface area contributed by atoms with Crippen LogP contribution in [0.3, 0.4) is 0 Å². The maximum atomic E-state index is 11.4. The van der Waals surface area contributed by atoms with E-state index < -0.39 is 0 Å². The summed E-state index contributed by atoms with van der Waals surface area (Å²) in [5, 5.41) is 6.11. The second-order valence-electron chi connectivity index (χ2n) is 4.36. The summed E-state index contributed by atoms with van der Waals surface area (Å²) >= 11 is 1.98. The lowest BCUT2D eigenvalue weighted by molar-refractivity contribution is -0.120. The van der Waals surface area contributed by atoms with Crippen LogP contribution in [0.15, 0.2) is 0 Å². The molecule has 2 N–H and O–H groups in total. The van der Waals surface area contributed by atoms with Gasteiger partial charge in [0.2, 0.25) is 5.91 Å². The molecule has 1 aliphatic heterocycles. The van der Waals surface area contributed by atoms with E-state index in [0.717, 1.165) is 19.5 Å². The normalized spacial score (nSPS) is 25.5. The quantitative estimate of drug-likeness (QED) is 0.678. The van der Waals surface area contributed by atoms with Crippen LogP contribution >= 0.6 is 11.8 Å². The Bertz CT molecular complexity index is 203. The first kappa shape index (κ1) is 12.8. The van der Waals surface area contributed by atoms with Crippen LogP contribution in [0.1, 0.15) is 33.1 Å². The van der Waals surface area contributed by atoms with Gasteiger partial charge in [-0.3, -0.25) is 4.79 Å². The van der Waals surface area contributed by atoms with Gasteiger partial charge in [0.05, 0.1) is 6.54 Å². The summed E-state index contributed by atoms with van der Waals surface area (Å²) in [4.78, 5) is 11.4. The Kier molecular flexibility index (Phi) is 5.47. The Labute approximate surface area is 96.8 Å². The Morgan fingerprint density at radius 2 is 2.33 bits per heavy atom. The highest BCUT2D eigenvalue weighted by Crippen LogP contribution is 2.36. The molecule has 1 atom stereocenters. The molecule has 1 heterocycles. The molecule has 0 saturated carbocycles. The summed E-state index contributed by atoms with van der Waals surface area (Å²) in [6, 6.07) is 0. The molecule has 1 unspecified atom stereocenters. The Morgan fingerprint density at radius 1 is 1.53 bits per heavy atom. The van der Waals surface area contributed by atoms with Crippen molar-refractivity contribution in [3.8, 4) is 0 Å². The summed E-state index contributed by atoms with van der Waals surface area (Å²) < 4.78 is 0.278. The molecule has 1 aliphatic rings. The minimum Gasteiger partial charge on any atom is -0.354 e. The Balaban J connectivity index is 2.10. The Hall–Kier alpha value is -0.220. The van der Waals surface area contributed by atoms with Crippen molar-refractivity contribution < 1.29 is 4.79 Å². The van der Waals surface area contributed by atoms with Gasteiger partial charge in [0.25, 0.3) is 0 Å². The Morgan fingerprint density at radius 3 is 2.93 bits per heavy atom. The molecular weight excluding hydrogens is 208 g/mol. The van der Waals surface area contributed by atoms with Crippen LogP contribution in [0.4, 0.5) is 0 Å². The molecule has 4 heteroatoms. The first-order valence-electron chi connectivity index (χ1n) is 5.78. The number of rotatable bonds is 6. The molecule has 0 bridgehead atoms. The van der Waals surface area contributed by atoms with Crippen molar-refractivity contribution in [1.29, 1.82) is 0 Å². The number of carbonyl (C=O) groups excluding carboxylic acids is 1. The lowest BCUT2D eigenvalue weighted by atomic mass is 10.1. The second kappa shape index (κ2) is 6.38. The molecule has 0 aromatic rings. The molecule has 15 heavy (non-hydrogen) atoms. The van der Waals surface area contributed by atoms with Crippen molar-refractivity contribution in [2.24, 2.45) is 0 Å². The van der Waals surface area contributed by atoms with Crippen molar-refractivity contribution in [1.82, 2.24) is 10.6 Å². The van der Waals surface area contributed by atoms with Crippen LogP contribution in [0.2, 0.25) is 0 Å². The van der Waals surface area contributed by atoms with E-state index in [1.54, 1.807) is 0 Å². The number of nitrogens with one attached hydrogen (secondary N) is 2. The third kappa shape index (κ3) is 4.89. The molecular formula is C11H22N2OS. The fourth-order valence-electron chi connectivity index (χ4n) is 1.70. The molecule has 0 aliphatic carbocycles. The summed E-state index contributed by atoms with van der Waals surface area (Å²) in [5.74, 6) is 1.36. The maximum absolute atomic E-state index is 11.4. The third-order valence-corrected chi connectivity index (χ3v) is 4.21. The molecule has 1 rings (SSSR count). The van der Waals surface area contributed by atoms with Gasteiger partial charge in [-0.05, 0) is 38.5 Å². The number of hydrogen-bond acceptors (Lipinski definition) is 3.